The number of nitro benzene ring substituents is 1. The molecule has 1 amide bonds. The molecule has 2 aromatic rings. The number of nitro groups is 1. The second-order valence-corrected chi connectivity index (χ2v) is 5.60. The molecule has 0 atom stereocenters. The van der Waals surface area contributed by atoms with E-state index < -0.39 is 23.4 Å². The monoisotopic (exact) mass is 354 g/mol. The van der Waals surface area contributed by atoms with E-state index in [-0.39, 0.29) is 5.69 Å². The second kappa shape index (κ2) is 8.57. The SMILES string of the molecule is Cc1ccccc1/C=C/C(=O)OCC(=O)Nc1ccc([N+](=O)[O-])cc1C. The van der Waals surface area contributed by atoms with Crippen LogP contribution in [0.15, 0.2) is 48.5 Å². The van der Waals surface area contributed by atoms with Gasteiger partial charge < -0.3 is 10.1 Å². The van der Waals surface area contributed by atoms with E-state index in [1.807, 2.05) is 31.2 Å². The highest BCUT2D eigenvalue weighted by Crippen LogP contribution is 2.21. The van der Waals surface area contributed by atoms with Crippen molar-refractivity contribution in [2.24, 2.45) is 0 Å². The van der Waals surface area contributed by atoms with Gasteiger partial charge in [0.1, 0.15) is 0 Å². The Labute approximate surface area is 150 Å². The molecule has 0 spiro atoms. The number of anilines is 1. The number of amides is 1. The quantitative estimate of drug-likeness (QED) is 0.371. The van der Waals surface area contributed by atoms with Crippen molar-refractivity contribution in [3.63, 3.8) is 0 Å². The summed E-state index contributed by atoms with van der Waals surface area (Å²) in [5.74, 6) is -1.16. The molecule has 1 N–H and O–H groups in total. The molecule has 7 nitrogen and oxygen atoms in total. The minimum Gasteiger partial charge on any atom is -0.452 e. The molecule has 2 aromatic carbocycles. The van der Waals surface area contributed by atoms with Gasteiger partial charge in [-0.3, -0.25) is 14.9 Å². The predicted octanol–water partition coefficient (Wildman–Crippen LogP) is 3.41. The Hall–Kier alpha value is -3.48. The summed E-state index contributed by atoms with van der Waals surface area (Å²) in [6, 6.07) is 11.6. The third kappa shape index (κ3) is 5.27. The molecule has 26 heavy (non-hydrogen) atoms. The summed E-state index contributed by atoms with van der Waals surface area (Å²) in [5.41, 5.74) is 2.80. The van der Waals surface area contributed by atoms with Crippen LogP contribution < -0.4 is 5.32 Å². The Morgan fingerprint density at radius 1 is 1.15 bits per heavy atom. The Kier molecular flexibility index (Phi) is 6.21. The van der Waals surface area contributed by atoms with E-state index in [1.165, 1.54) is 24.3 Å². The first-order chi connectivity index (χ1) is 12.4. The van der Waals surface area contributed by atoms with Crippen LogP contribution in [-0.2, 0) is 14.3 Å². The lowest BCUT2D eigenvalue weighted by molar-refractivity contribution is -0.384. The van der Waals surface area contributed by atoms with E-state index in [9.17, 15) is 19.7 Å². The zero-order chi connectivity index (χ0) is 19.1. The fourth-order valence-electron chi connectivity index (χ4n) is 2.20. The van der Waals surface area contributed by atoms with Crippen LogP contribution in [0.2, 0.25) is 0 Å². The van der Waals surface area contributed by atoms with Gasteiger partial charge in [-0.25, -0.2) is 4.79 Å². The molecular formula is C19H18N2O5. The van der Waals surface area contributed by atoms with E-state index >= 15 is 0 Å². The van der Waals surface area contributed by atoms with Gasteiger partial charge in [-0.05, 0) is 42.7 Å². The van der Waals surface area contributed by atoms with Crippen LogP contribution in [0.4, 0.5) is 11.4 Å². The average Bonchev–Trinajstić information content (AvgIpc) is 2.60. The second-order valence-electron chi connectivity index (χ2n) is 5.60. The van der Waals surface area contributed by atoms with Crippen LogP contribution in [0.1, 0.15) is 16.7 Å². The third-order valence-electron chi connectivity index (χ3n) is 3.63. The lowest BCUT2D eigenvalue weighted by Gasteiger charge is -2.08. The van der Waals surface area contributed by atoms with Crippen molar-refractivity contribution in [2.45, 2.75) is 13.8 Å². The molecule has 0 aliphatic rings. The van der Waals surface area contributed by atoms with Crippen LogP contribution >= 0.6 is 0 Å². The standard InChI is InChI=1S/C19H18N2O5/c1-13-5-3-4-6-15(13)7-10-19(23)26-12-18(22)20-17-9-8-16(21(24)25)11-14(17)2/h3-11H,12H2,1-2H3,(H,20,22)/b10-7+. The summed E-state index contributed by atoms with van der Waals surface area (Å²) in [4.78, 5) is 33.8. The number of benzene rings is 2. The largest absolute Gasteiger partial charge is 0.452 e. The molecular weight excluding hydrogens is 336 g/mol. The first-order valence-electron chi connectivity index (χ1n) is 7.82. The van der Waals surface area contributed by atoms with Gasteiger partial charge >= 0.3 is 5.97 Å². The number of hydrogen-bond acceptors (Lipinski definition) is 5. The first-order valence-corrected chi connectivity index (χ1v) is 7.82. The summed E-state index contributed by atoms with van der Waals surface area (Å²) in [6.07, 6.45) is 2.88. The molecule has 0 heterocycles. The number of aryl methyl sites for hydroxylation is 2. The van der Waals surface area contributed by atoms with Crippen LogP contribution in [-0.4, -0.2) is 23.4 Å². The molecule has 0 bridgehead atoms. The van der Waals surface area contributed by atoms with Gasteiger partial charge in [0.25, 0.3) is 11.6 Å². The molecule has 0 saturated carbocycles. The average molecular weight is 354 g/mol. The highest BCUT2D eigenvalue weighted by molar-refractivity contribution is 5.95. The number of carbonyl (C=O) groups is 2. The number of esters is 1. The van der Waals surface area contributed by atoms with Gasteiger partial charge in [-0.1, -0.05) is 24.3 Å². The summed E-state index contributed by atoms with van der Waals surface area (Å²) in [7, 11) is 0. The topological polar surface area (TPSA) is 98.5 Å². The zero-order valence-corrected chi connectivity index (χ0v) is 14.4. The van der Waals surface area contributed by atoms with Gasteiger partial charge in [-0.15, -0.1) is 0 Å². The minimum atomic E-state index is -0.635. The van der Waals surface area contributed by atoms with E-state index in [0.717, 1.165) is 11.1 Å². The van der Waals surface area contributed by atoms with Gasteiger partial charge in [-0.2, -0.15) is 0 Å². The lowest BCUT2D eigenvalue weighted by atomic mass is 10.1. The van der Waals surface area contributed by atoms with Crippen molar-refractivity contribution < 1.29 is 19.2 Å². The van der Waals surface area contributed by atoms with E-state index in [0.29, 0.717) is 11.3 Å². The van der Waals surface area contributed by atoms with Crippen molar-refractivity contribution >= 4 is 29.3 Å². The summed E-state index contributed by atoms with van der Waals surface area (Å²) < 4.78 is 4.89. The molecule has 0 aromatic heterocycles. The van der Waals surface area contributed by atoms with E-state index in [2.05, 4.69) is 5.32 Å². The van der Waals surface area contributed by atoms with Crippen molar-refractivity contribution in [1.82, 2.24) is 0 Å². The predicted molar refractivity (Wildman–Crippen MR) is 97.6 cm³/mol. The van der Waals surface area contributed by atoms with Gasteiger partial charge in [0.05, 0.1) is 4.92 Å². The maximum absolute atomic E-state index is 11.9. The molecule has 7 heteroatoms. The Bertz CT molecular complexity index is 874. The summed E-state index contributed by atoms with van der Waals surface area (Å²) >= 11 is 0. The number of hydrogen-bond donors (Lipinski definition) is 1. The minimum absolute atomic E-state index is 0.0618. The zero-order valence-electron chi connectivity index (χ0n) is 14.4. The van der Waals surface area contributed by atoms with Crippen LogP contribution in [0, 0.1) is 24.0 Å². The van der Waals surface area contributed by atoms with Crippen LogP contribution in [0.3, 0.4) is 0 Å². The normalized spacial score (nSPS) is 10.5. The smallest absolute Gasteiger partial charge is 0.331 e. The highest BCUT2D eigenvalue weighted by Gasteiger charge is 2.11. The maximum Gasteiger partial charge on any atom is 0.331 e. The fraction of sp³-hybridized carbons (Fsp3) is 0.158. The Morgan fingerprint density at radius 3 is 2.54 bits per heavy atom. The molecule has 134 valence electrons. The molecule has 0 aliphatic carbocycles. The summed E-state index contributed by atoms with van der Waals surface area (Å²) in [5, 5.41) is 13.3. The number of non-ortho nitro benzene ring substituents is 1. The van der Waals surface area contributed by atoms with Gasteiger partial charge in [0.15, 0.2) is 6.61 Å². The molecule has 0 radical (unpaired) electrons. The van der Waals surface area contributed by atoms with Crippen molar-refractivity contribution in [3.05, 3.63) is 75.3 Å². The summed E-state index contributed by atoms with van der Waals surface area (Å²) in [6.45, 7) is 3.11. The van der Waals surface area contributed by atoms with E-state index in [4.69, 9.17) is 4.74 Å². The van der Waals surface area contributed by atoms with Crippen LogP contribution in [0.5, 0.6) is 0 Å². The molecule has 2 rings (SSSR count). The molecule has 0 unspecified atom stereocenters. The number of rotatable bonds is 6. The van der Waals surface area contributed by atoms with Crippen LogP contribution in [0.25, 0.3) is 6.08 Å². The molecule has 0 fully saturated rings. The molecule has 0 saturated heterocycles. The van der Waals surface area contributed by atoms with Crippen molar-refractivity contribution in [1.29, 1.82) is 0 Å². The maximum atomic E-state index is 11.9. The third-order valence-corrected chi connectivity index (χ3v) is 3.63. The number of nitrogens with one attached hydrogen (secondary N) is 1. The number of nitrogens with zero attached hydrogens (tertiary/aromatic N) is 1. The number of carbonyl (C=O) groups excluding carboxylic acids is 2. The van der Waals surface area contributed by atoms with Crippen molar-refractivity contribution in [3.8, 4) is 0 Å². The van der Waals surface area contributed by atoms with Gasteiger partial charge in [0, 0.05) is 23.9 Å². The van der Waals surface area contributed by atoms with E-state index in [1.54, 1.807) is 13.0 Å². The Morgan fingerprint density at radius 2 is 1.88 bits per heavy atom. The first kappa shape index (κ1) is 18.9. The number of ether oxygens (including phenoxy) is 1. The molecule has 0 aliphatic heterocycles. The van der Waals surface area contributed by atoms with Crippen molar-refractivity contribution in [2.75, 3.05) is 11.9 Å². The fourth-order valence-corrected chi connectivity index (χ4v) is 2.20. The lowest BCUT2D eigenvalue weighted by Crippen LogP contribution is -2.20. The highest BCUT2D eigenvalue weighted by atomic mass is 16.6. The Balaban J connectivity index is 1.88. The van der Waals surface area contributed by atoms with Gasteiger partial charge in [0.2, 0.25) is 0 Å².